The lowest BCUT2D eigenvalue weighted by atomic mass is 9.94. The normalized spacial score (nSPS) is 21.6. The van der Waals surface area contributed by atoms with E-state index in [9.17, 15) is 13.6 Å². The van der Waals surface area contributed by atoms with E-state index in [1.807, 2.05) is 0 Å². The highest BCUT2D eigenvalue weighted by Crippen LogP contribution is 2.35. The van der Waals surface area contributed by atoms with Crippen molar-refractivity contribution in [2.45, 2.75) is 12.1 Å². The van der Waals surface area contributed by atoms with Gasteiger partial charge in [-0.2, -0.15) is 5.10 Å². The second kappa shape index (κ2) is 4.55. The number of aromatic nitrogens is 3. The molecule has 0 amide bonds. The van der Waals surface area contributed by atoms with Crippen LogP contribution in [0.25, 0.3) is 0 Å². The summed E-state index contributed by atoms with van der Waals surface area (Å²) in [6.07, 6.45) is 1.79. The second-order valence-corrected chi connectivity index (χ2v) is 4.35. The molecule has 2 heterocycles. The van der Waals surface area contributed by atoms with Crippen LogP contribution in [-0.4, -0.2) is 27.5 Å². The summed E-state index contributed by atoms with van der Waals surface area (Å²) in [4.78, 5) is 15.0. The van der Waals surface area contributed by atoms with E-state index in [2.05, 4.69) is 10.1 Å². The van der Waals surface area contributed by atoms with E-state index in [-0.39, 0.29) is 18.7 Å². The summed E-state index contributed by atoms with van der Waals surface area (Å²) in [5.74, 6) is -1.53. The largest absolute Gasteiger partial charge is 0.509 e. The number of carbonyl (C=O) groups is 1. The van der Waals surface area contributed by atoms with Crippen molar-refractivity contribution in [1.82, 2.24) is 14.8 Å². The molecule has 1 aromatic heterocycles. The quantitative estimate of drug-likeness (QED) is 0.800. The molecule has 1 unspecified atom stereocenters. The van der Waals surface area contributed by atoms with Gasteiger partial charge in [-0.3, -0.25) is 0 Å². The van der Waals surface area contributed by atoms with Gasteiger partial charge in [0.25, 0.3) is 0 Å². The fourth-order valence-corrected chi connectivity index (χ4v) is 2.12. The van der Waals surface area contributed by atoms with Crippen molar-refractivity contribution in [3.63, 3.8) is 0 Å². The van der Waals surface area contributed by atoms with Crippen LogP contribution in [0, 0.1) is 11.6 Å². The predicted molar refractivity (Wildman–Crippen MR) is 60.5 cm³/mol. The van der Waals surface area contributed by atoms with Crippen molar-refractivity contribution in [2.24, 2.45) is 0 Å². The van der Waals surface area contributed by atoms with Gasteiger partial charge in [0, 0.05) is 11.6 Å². The third-order valence-electron chi connectivity index (χ3n) is 3.01. The van der Waals surface area contributed by atoms with Crippen LogP contribution in [0.15, 0.2) is 30.9 Å². The Hall–Kier alpha value is -2.51. The van der Waals surface area contributed by atoms with Crippen LogP contribution in [-0.2, 0) is 21.6 Å². The highest BCUT2D eigenvalue weighted by molar-refractivity contribution is 5.63. The number of halogens is 2. The van der Waals surface area contributed by atoms with Crippen LogP contribution in [0.2, 0.25) is 0 Å². The number of benzene rings is 1. The Labute approximate surface area is 111 Å². The molecule has 8 heteroatoms. The molecule has 1 saturated heterocycles. The summed E-state index contributed by atoms with van der Waals surface area (Å²) < 4.78 is 38.2. The average molecular weight is 281 g/mol. The fraction of sp³-hybridized carbons (Fsp3) is 0.250. The third kappa shape index (κ3) is 2.09. The third-order valence-corrected chi connectivity index (χ3v) is 3.01. The molecule has 1 atom stereocenters. The number of cyclic esters (lactones) is 2. The minimum Gasteiger partial charge on any atom is -0.430 e. The first-order chi connectivity index (χ1) is 9.59. The molecular formula is C12H9F2N3O3. The zero-order chi connectivity index (χ0) is 14.2. The number of nitrogens with zero attached hydrogens (tertiary/aromatic N) is 3. The summed E-state index contributed by atoms with van der Waals surface area (Å²) >= 11 is 0. The Balaban J connectivity index is 2.03. The lowest BCUT2D eigenvalue weighted by molar-refractivity contribution is 0.0332. The second-order valence-electron chi connectivity index (χ2n) is 4.35. The number of hydrogen-bond acceptors (Lipinski definition) is 5. The fourth-order valence-electron chi connectivity index (χ4n) is 2.12. The topological polar surface area (TPSA) is 66.2 Å². The standard InChI is InChI=1S/C12H9F2N3O3/c13-8-1-2-9(10(14)3-8)12(5-19-11(18)20-12)4-17-7-15-6-16-17/h1-3,6-7H,4-5H2. The van der Waals surface area contributed by atoms with Crippen LogP contribution < -0.4 is 0 Å². The smallest absolute Gasteiger partial charge is 0.430 e. The van der Waals surface area contributed by atoms with Crippen LogP contribution >= 0.6 is 0 Å². The van der Waals surface area contributed by atoms with E-state index < -0.39 is 23.4 Å². The molecule has 6 nitrogen and oxygen atoms in total. The number of rotatable bonds is 3. The van der Waals surface area contributed by atoms with Gasteiger partial charge in [-0.1, -0.05) is 0 Å². The van der Waals surface area contributed by atoms with Crippen molar-refractivity contribution < 1.29 is 23.0 Å². The van der Waals surface area contributed by atoms with E-state index in [4.69, 9.17) is 9.47 Å². The molecule has 0 saturated carbocycles. The summed E-state index contributed by atoms with van der Waals surface area (Å²) in [7, 11) is 0. The van der Waals surface area contributed by atoms with Crippen molar-refractivity contribution in [2.75, 3.05) is 6.61 Å². The average Bonchev–Trinajstić information content (AvgIpc) is 3.00. The molecule has 0 bridgehead atoms. The molecule has 1 aliphatic rings. The molecule has 104 valence electrons. The summed E-state index contributed by atoms with van der Waals surface area (Å²) in [5, 5.41) is 3.88. The van der Waals surface area contributed by atoms with Gasteiger partial charge in [0.2, 0.25) is 0 Å². The van der Waals surface area contributed by atoms with Gasteiger partial charge in [-0.25, -0.2) is 23.2 Å². The lowest BCUT2D eigenvalue weighted by Crippen LogP contribution is -2.35. The van der Waals surface area contributed by atoms with Crippen molar-refractivity contribution in [1.29, 1.82) is 0 Å². The Kier molecular flexibility index (Phi) is 2.85. The van der Waals surface area contributed by atoms with Gasteiger partial charge in [-0.15, -0.1) is 0 Å². The van der Waals surface area contributed by atoms with Gasteiger partial charge in [0.05, 0.1) is 6.54 Å². The minimum atomic E-state index is -1.39. The first kappa shape index (κ1) is 12.5. The molecule has 0 aliphatic carbocycles. The summed E-state index contributed by atoms with van der Waals surface area (Å²) in [6, 6.07) is 3.04. The van der Waals surface area contributed by atoms with E-state index >= 15 is 0 Å². The predicted octanol–water partition coefficient (Wildman–Crippen LogP) is 1.62. The first-order valence-corrected chi connectivity index (χ1v) is 5.73. The maximum absolute atomic E-state index is 14.0. The molecule has 1 fully saturated rings. The monoisotopic (exact) mass is 281 g/mol. The molecule has 0 N–H and O–H groups in total. The Morgan fingerprint density at radius 1 is 1.40 bits per heavy atom. The number of ether oxygens (including phenoxy) is 2. The maximum Gasteiger partial charge on any atom is 0.509 e. The van der Waals surface area contributed by atoms with Gasteiger partial charge in [-0.05, 0) is 12.1 Å². The van der Waals surface area contributed by atoms with Crippen LogP contribution in [0.3, 0.4) is 0 Å². The highest BCUT2D eigenvalue weighted by atomic mass is 19.1. The van der Waals surface area contributed by atoms with Crippen LogP contribution in [0.4, 0.5) is 13.6 Å². The Morgan fingerprint density at radius 3 is 2.85 bits per heavy atom. The van der Waals surface area contributed by atoms with Gasteiger partial charge >= 0.3 is 6.16 Å². The van der Waals surface area contributed by atoms with Gasteiger partial charge in [0.1, 0.15) is 30.9 Å². The minimum absolute atomic E-state index is 0.0152. The molecule has 20 heavy (non-hydrogen) atoms. The van der Waals surface area contributed by atoms with Crippen molar-refractivity contribution >= 4 is 6.16 Å². The van der Waals surface area contributed by atoms with Crippen molar-refractivity contribution in [3.05, 3.63) is 48.1 Å². The molecule has 3 rings (SSSR count). The molecule has 1 aromatic carbocycles. The van der Waals surface area contributed by atoms with E-state index in [1.54, 1.807) is 0 Å². The molecule has 0 spiro atoms. The molecule has 2 aromatic rings. The van der Waals surface area contributed by atoms with E-state index in [0.29, 0.717) is 0 Å². The number of carbonyl (C=O) groups excluding carboxylic acids is 1. The highest BCUT2D eigenvalue weighted by Gasteiger charge is 2.46. The summed E-state index contributed by atoms with van der Waals surface area (Å²) in [5.41, 5.74) is -1.36. The van der Waals surface area contributed by atoms with Gasteiger partial charge in [0.15, 0.2) is 5.60 Å². The first-order valence-electron chi connectivity index (χ1n) is 5.73. The Morgan fingerprint density at radius 2 is 2.25 bits per heavy atom. The van der Waals surface area contributed by atoms with E-state index in [0.717, 1.165) is 12.1 Å². The number of hydrogen-bond donors (Lipinski definition) is 0. The van der Waals surface area contributed by atoms with Gasteiger partial charge < -0.3 is 9.47 Å². The molecular weight excluding hydrogens is 272 g/mol. The van der Waals surface area contributed by atoms with Crippen LogP contribution in [0.1, 0.15) is 5.56 Å². The zero-order valence-corrected chi connectivity index (χ0v) is 10.1. The van der Waals surface area contributed by atoms with Crippen molar-refractivity contribution in [3.8, 4) is 0 Å². The maximum atomic E-state index is 14.0. The Bertz CT molecular complexity index is 647. The SMILES string of the molecule is O=C1OCC(Cn2cncn2)(c2ccc(F)cc2F)O1. The van der Waals surface area contributed by atoms with E-state index in [1.165, 1.54) is 23.4 Å². The molecule has 1 aliphatic heterocycles. The van der Waals surface area contributed by atoms with Crippen LogP contribution in [0.5, 0.6) is 0 Å². The molecule has 0 radical (unpaired) electrons. The zero-order valence-electron chi connectivity index (χ0n) is 10.1. The lowest BCUT2D eigenvalue weighted by Gasteiger charge is -2.25. The summed E-state index contributed by atoms with van der Waals surface area (Å²) in [6.45, 7) is -0.171.